The summed E-state index contributed by atoms with van der Waals surface area (Å²) in [4.78, 5) is 11.1. The average molecular weight is 201 g/mol. The van der Waals surface area contributed by atoms with Crippen LogP contribution in [0.15, 0.2) is 11.8 Å². The Morgan fingerprint density at radius 2 is 2.14 bits per heavy atom. The van der Waals surface area contributed by atoms with Gasteiger partial charge < -0.3 is 14.8 Å². The van der Waals surface area contributed by atoms with Crippen LogP contribution in [0.4, 0.5) is 0 Å². The second-order valence-corrected chi connectivity index (χ2v) is 2.87. The molecule has 0 aromatic carbocycles. The largest absolute Gasteiger partial charge is 0.432 e. The molecule has 0 unspecified atom stereocenters. The maximum atomic E-state index is 11.1. The molecule has 0 fully saturated rings. The smallest absolute Gasteiger partial charge is 0.312 e. The molecule has 0 aromatic heterocycles. The van der Waals surface area contributed by atoms with Crippen molar-refractivity contribution in [2.45, 2.75) is 20.3 Å². The summed E-state index contributed by atoms with van der Waals surface area (Å²) in [6, 6.07) is 0. The Morgan fingerprint density at radius 3 is 2.71 bits per heavy atom. The van der Waals surface area contributed by atoms with Crippen LogP contribution in [0.1, 0.15) is 20.3 Å². The van der Waals surface area contributed by atoms with Crippen LogP contribution in [0.2, 0.25) is 0 Å². The molecule has 0 rings (SSSR count). The molecule has 0 saturated carbocycles. The first kappa shape index (κ1) is 13.1. The molecule has 82 valence electrons. The predicted molar refractivity (Wildman–Crippen MR) is 54.9 cm³/mol. The van der Waals surface area contributed by atoms with Crippen molar-refractivity contribution in [3.05, 3.63) is 11.8 Å². The maximum absolute atomic E-state index is 11.1. The van der Waals surface area contributed by atoms with E-state index in [0.29, 0.717) is 25.3 Å². The molecule has 0 atom stereocenters. The monoisotopic (exact) mass is 201 g/mol. The van der Waals surface area contributed by atoms with Gasteiger partial charge in [-0.25, -0.2) is 0 Å². The van der Waals surface area contributed by atoms with Gasteiger partial charge >= 0.3 is 5.97 Å². The maximum Gasteiger partial charge on any atom is 0.312 e. The molecule has 0 saturated heterocycles. The Morgan fingerprint density at radius 1 is 1.43 bits per heavy atom. The number of allylic oxidation sites excluding steroid dienone is 2. The lowest BCUT2D eigenvalue weighted by atomic mass is 10.4. The molecule has 0 aromatic rings. The van der Waals surface area contributed by atoms with Crippen LogP contribution in [-0.4, -0.2) is 32.8 Å². The van der Waals surface area contributed by atoms with Gasteiger partial charge in [0.15, 0.2) is 0 Å². The van der Waals surface area contributed by atoms with Crippen molar-refractivity contribution in [3.63, 3.8) is 0 Å². The lowest BCUT2D eigenvalue weighted by Crippen LogP contribution is -2.22. The number of carbonyl (C=O) groups excluding carboxylic acids is 1. The van der Waals surface area contributed by atoms with Crippen LogP contribution >= 0.6 is 0 Å². The van der Waals surface area contributed by atoms with Gasteiger partial charge in [-0.15, -0.1) is 0 Å². The summed E-state index contributed by atoms with van der Waals surface area (Å²) in [6.45, 7) is 5.63. The lowest BCUT2D eigenvalue weighted by molar-refractivity contribution is -0.139. The highest BCUT2D eigenvalue weighted by Crippen LogP contribution is 1.96. The minimum Gasteiger partial charge on any atom is -0.432 e. The number of hydrogen-bond donors (Lipinski definition) is 1. The van der Waals surface area contributed by atoms with Crippen molar-refractivity contribution in [1.29, 1.82) is 0 Å². The van der Waals surface area contributed by atoms with Crippen molar-refractivity contribution in [2.24, 2.45) is 0 Å². The van der Waals surface area contributed by atoms with E-state index in [-0.39, 0.29) is 5.97 Å². The summed E-state index contributed by atoms with van der Waals surface area (Å²) in [5.41, 5.74) is 0. The zero-order valence-electron chi connectivity index (χ0n) is 9.13. The highest BCUT2D eigenvalue weighted by molar-refractivity contribution is 5.70. The molecule has 0 amide bonds. The lowest BCUT2D eigenvalue weighted by Gasteiger charge is -2.04. The third-order valence-electron chi connectivity index (χ3n) is 1.67. The number of rotatable bonds is 7. The molecule has 0 aliphatic rings. The van der Waals surface area contributed by atoms with Gasteiger partial charge in [0.2, 0.25) is 0 Å². The van der Waals surface area contributed by atoms with Gasteiger partial charge in [-0.3, -0.25) is 4.79 Å². The van der Waals surface area contributed by atoms with Crippen LogP contribution < -0.4 is 5.32 Å². The molecule has 0 aliphatic heterocycles. The number of nitrogens with one attached hydrogen (secondary N) is 1. The van der Waals surface area contributed by atoms with Crippen molar-refractivity contribution < 1.29 is 14.3 Å². The van der Waals surface area contributed by atoms with Crippen LogP contribution in [-0.2, 0) is 14.3 Å². The Kier molecular flexibility index (Phi) is 8.17. The van der Waals surface area contributed by atoms with Gasteiger partial charge in [0.05, 0.1) is 13.0 Å². The molecule has 4 heteroatoms. The van der Waals surface area contributed by atoms with Gasteiger partial charge in [0, 0.05) is 20.2 Å². The van der Waals surface area contributed by atoms with E-state index >= 15 is 0 Å². The van der Waals surface area contributed by atoms with Crippen molar-refractivity contribution >= 4 is 5.97 Å². The number of ether oxygens (including phenoxy) is 2. The number of esters is 1. The minimum atomic E-state index is -0.203. The zero-order chi connectivity index (χ0) is 10.8. The zero-order valence-corrected chi connectivity index (χ0v) is 9.13. The first-order valence-electron chi connectivity index (χ1n) is 4.74. The third kappa shape index (κ3) is 7.76. The Labute approximate surface area is 85.3 Å². The number of carbonyl (C=O) groups is 1. The Hall–Kier alpha value is -0.870. The molecule has 0 aliphatic carbocycles. The van der Waals surface area contributed by atoms with Crippen LogP contribution in [0, 0.1) is 0 Å². The number of methoxy groups -OCH3 is 1. The van der Waals surface area contributed by atoms with E-state index in [4.69, 9.17) is 9.47 Å². The van der Waals surface area contributed by atoms with Gasteiger partial charge in [-0.05, 0) is 19.9 Å². The summed E-state index contributed by atoms with van der Waals surface area (Å²) in [5, 5.41) is 3.06. The molecule has 1 N–H and O–H groups in total. The second-order valence-electron chi connectivity index (χ2n) is 2.87. The van der Waals surface area contributed by atoms with Crippen molar-refractivity contribution in [3.8, 4) is 0 Å². The van der Waals surface area contributed by atoms with E-state index in [1.807, 2.05) is 6.92 Å². The Balaban J connectivity index is 3.36. The summed E-state index contributed by atoms with van der Waals surface area (Å²) in [5.74, 6) is 0.442. The molecular formula is C10H19NO3. The Bertz CT molecular complexity index is 190. The standard InChI is InChI=1S/C10H19NO3/c1-4-9(2)14-10(12)5-6-11-7-8-13-3/h4,11H,5-8H2,1-3H3/b9-4-. The van der Waals surface area contributed by atoms with E-state index in [9.17, 15) is 4.79 Å². The van der Waals surface area contributed by atoms with E-state index in [1.54, 1.807) is 20.1 Å². The molecule has 4 nitrogen and oxygen atoms in total. The van der Waals surface area contributed by atoms with Crippen LogP contribution in [0.25, 0.3) is 0 Å². The molecule has 0 heterocycles. The summed E-state index contributed by atoms with van der Waals surface area (Å²) < 4.78 is 9.80. The fourth-order valence-corrected chi connectivity index (χ4v) is 0.779. The molecule has 0 spiro atoms. The van der Waals surface area contributed by atoms with Gasteiger partial charge in [-0.1, -0.05) is 0 Å². The highest BCUT2D eigenvalue weighted by Gasteiger charge is 2.02. The van der Waals surface area contributed by atoms with Crippen molar-refractivity contribution in [1.82, 2.24) is 5.32 Å². The van der Waals surface area contributed by atoms with Crippen LogP contribution in [0.5, 0.6) is 0 Å². The summed E-state index contributed by atoms with van der Waals surface area (Å²) >= 11 is 0. The van der Waals surface area contributed by atoms with Crippen molar-refractivity contribution in [2.75, 3.05) is 26.8 Å². The third-order valence-corrected chi connectivity index (χ3v) is 1.67. The quantitative estimate of drug-likeness (QED) is 0.380. The second kappa shape index (κ2) is 8.72. The summed E-state index contributed by atoms with van der Waals surface area (Å²) in [6.07, 6.45) is 2.14. The van der Waals surface area contributed by atoms with E-state index in [1.165, 1.54) is 0 Å². The van der Waals surface area contributed by atoms with Gasteiger partial charge in [-0.2, -0.15) is 0 Å². The van der Waals surface area contributed by atoms with Crippen LogP contribution in [0.3, 0.4) is 0 Å². The molecule has 14 heavy (non-hydrogen) atoms. The van der Waals surface area contributed by atoms with Gasteiger partial charge in [0.25, 0.3) is 0 Å². The minimum absolute atomic E-state index is 0.203. The SMILES string of the molecule is C/C=C(/C)OC(=O)CCNCCOC. The van der Waals surface area contributed by atoms with E-state index < -0.39 is 0 Å². The fraction of sp³-hybridized carbons (Fsp3) is 0.700. The average Bonchev–Trinajstić information content (AvgIpc) is 2.17. The topological polar surface area (TPSA) is 47.6 Å². The number of hydrogen-bond acceptors (Lipinski definition) is 4. The van der Waals surface area contributed by atoms with E-state index in [2.05, 4.69) is 5.32 Å². The van der Waals surface area contributed by atoms with E-state index in [0.717, 1.165) is 6.54 Å². The normalized spacial score (nSPS) is 11.5. The fourth-order valence-electron chi connectivity index (χ4n) is 0.779. The predicted octanol–water partition coefficient (Wildman–Crippen LogP) is 1.08. The highest BCUT2D eigenvalue weighted by atomic mass is 16.5. The van der Waals surface area contributed by atoms with Gasteiger partial charge in [0.1, 0.15) is 5.76 Å². The molecule has 0 radical (unpaired) electrons. The molecular weight excluding hydrogens is 182 g/mol. The first-order valence-corrected chi connectivity index (χ1v) is 4.74. The molecule has 0 bridgehead atoms. The summed E-state index contributed by atoms with van der Waals surface area (Å²) in [7, 11) is 1.64. The first-order chi connectivity index (χ1) is 6.70.